The lowest BCUT2D eigenvalue weighted by Gasteiger charge is -1.89. The number of hydrogen-bond donors (Lipinski definition) is 0. The molecule has 0 aliphatic rings. The maximum Gasteiger partial charge on any atom is 0.0960 e. The van der Waals surface area contributed by atoms with Crippen LogP contribution < -0.4 is 0 Å². The lowest BCUT2D eigenvalue weighted by Crippen LogP contribution is -1.80. The number of rotatable bonds is 3. The van der Waals surface area contributed by atoms with E-state index < -0.39 is 0 Å². The van der Waals surface area contributed by atoms with E-state index in [4.69, 9.17) is 0 Å². The van der Waals surface area contributed by atoms with Gasteiger partial charge in [-0.3, -0.25) is 4.99 Å². The van der Waals surface area contributed by atoms with Gasteiger partial charge in [0.15, 0.2) is 0 Å². The predicted molar refractivity (Wildman–Crippen MR) is 60.0 cm³/mol. The number of hydrogen-bond acceptors (Lipinski definition) is 1. The first-order valence-corrected chi connectivity index (χ1v) is 4.81. The van der Waals surface area contributed by atoms with Gasteiger partial charge in [0.2, 0.25) is 0 Å². The van der Waals surface area contributed by atoms with Crippen molar-refractivity contribution in [2.75, 3.05) is 6.29 Å². The van der Waals surface area contributed by atoms with Crippen molar-refractivity contribution in [1.82, 2.24) is 0 Å². The molecule has 0 aliphatic heterocycles. The number of nitrogens with zero attached hydrogens (tertiary/aromatic N) is 1. The molecule has 10 heavy (non-hydrogen) atoms. The van der Waals surface area contributed by atoms with Gasteiger partial charge in [-0.05, 0) is 41.2 Å². The molecule has 0 rings (SSSR count). The normalized spacial score (nSPS) is 13.5. The highest BCUT2D eigenvalue weighted by molar-refractivity contribution is 14.1. The fraction of sp³-hybridized carbons (Fsp3) is 0.286. The average Bonchev–Trinajstić information content (AvgIpc) is 1.88. The maximum absolute atomic E-state index is 4.15. The quantitative estimate of drug-likeness (QED) is 0.323. The third-order valence-corrected chi connectivity index (χ3v) is 1.75. The Balaban J connectivity index is 4.11. The van der Waals surface area contributed by atoms with E-state index in [1.807, 2.05) is 19.1 Å². The van der Waals surface area contributed by atoms with Crippen LogP contribution in [0.4, 0.5) is 0 Å². The molecule has 0 fully saturated rings. The summed E-state index contributed by atoms with van der Waals surface area (Å²) in [6.45, 7) is 5.65. The number of aliphatic imine (C=N–C) groups is 1. The molecule has 0 radical (unpaired) electrons. The SMILES string of the molecule is C=C/C(C)=C\C(I)=N/CP. The van der Waals surface area contributed by atoms with Crippen LogP contribution in [0.3, 0.4) is 0 Å². The number of halogens is 1. The zero-order valence-corrected chi connectivity index (χ0v) is 9.28. The van der Waals surface area contributed by atoms with Crippen LogP contribution >= 0.6 is 31.8 Å². The Kier molecular flexibility index (Phi) is 6.24. The van der Waals surface area contributed by atoms with Crippen LogP contribution in [0, 0.1) is 0 Å². The molecule has 1 unspecified atom stereocenters. The third-order valence-electron chi connectivity index (χ3n) is 0.911. The van der Waals surface area contributed by atoms with E-state index in [1.54, 1.807) is 0 Å². The molecule has 0 aromatic carbocycles. The molecule has 56 valence electrons. The molecule has 0 saturated carbocycles. The minimum absolute atomic E-state index is 0.763. The molecule has 0 spiro atoms. The van der Waals surface area contributed by atoms with Crippen LogP contribution in [0.5, 0.6) is 0 Å². The standard InChI is InChI=1S/C7H11INP/c1-3-6(2)4-7(8)9-5-10/h3-4H,1,5,10H2,2H3/b6-4-,9-7+. The van der Waals surface area contributed by atoms with Crippen LogP contribution in [0.25, 0.3) is 0 Å². The van der Waals surface area contributed by atoms with E-state index in [9.17, 15) is 0 Å². The fourth-order valence-electron chi connectivity index (χ4n) is 0.380. The third kappa shape index (κ3) is 5.12. The summed E-state index contributed by atoms with van der Waals surface area (Å²) in [5.74, 6) is 0. The van der Waals surface area contributed by atoms with E-state index in [0.29, 0.717) is 0 Å². The van der Waals surface area contributed by atoms with Crippen molar-refractivity contribution in [2.24, 2.45) is 4.99 Å². The zero-order chi connectivity index (χ0) is 7.98. The van der Waals surface area contributed by atoms with Crippen molar-refractivity contribution >= 4 is 35.5 Å². The largest absolute Gasteiger partial charge is 0.275 e. The monoisotopic (exact) mass is 267 g/mol. The van der Waals surface area contributed by atoms with Gasteiger partial charge in [-0.2, -0.15) is 0 Å². The first-order valence-electron chi connectivity index (χ1n) is 2.91. The van der Waals surface area contributed by atoms with Gasteiger partial charge >= 0.3 is 0 Å². The van der Waals surface area contributed by atoms with Crippen LogP contribution in [-0.4, -0.2) is 10.0 Å². The van der Waals surface area contributed by atoms with Crippen molar-refractivity contribution < 1.29 is 0 Å². The molecule has 0 bridgehead atoms. The minimum atomic E-state index is 0.763. The predicted octanol–water partition coefficient (Wildman–Crippen LogP) is 2.78. The molecule has 0 N–H and O–H groups in total. The summed E-state index contributed by atoms with van der Waals surface area (Å²) in [6, 6.07) is 0. The van der Waals surface area contributed by atoms with Crippen molar-refractivity contribution in [3.05, 3.63) is 24.3 Å². The molecule has 0 aliphatic carbocycles. The van der Waals surface area contributed by atoms with Gasteiger partial charge < -0.3 is 0 Å². The topological polar surface area (TPSA) is 12.4 Å². The van der Waals surface area contributed by atoms with Crippen LogP contribution in [0.15, 0.2) is 29.3 Å². The fourth-order valence-corrected chi connectivity index (χ4v) is 1.64. The van der Waals surface area contributed by atoms with Gasteiger partial charge in [0.25, 0.3) is 0 Å². The molecule has 0 aromatic heterocycles. The first kappa shape index (κ1) is 10.3. The van der Waals surface area contributed by atoms with Crippen molar-refractivity contribution in [3.63, 3.8) is 0 Å². The van der Waals surface area contributed by atoms with E-state index >= 15 is 0 Å². The summed E-state index contributed by atoms with van der Waals surface area (Å²) in [7, 11) is 2.55. The van der Waals surface area contributed by atoms with E-state index in [-0.39, 0.29) is 0 Å². The summed E-state index contributed by atoms with van der Waals surface area (Å²) < 4.78 is 1.02. The van der Waals surface area contributed by atoms with Gasteiger partial charge in [-0.25, -0.2) is 0 Å². The maximum atomic E-state index is 4.15. The Morgan fingerprint density at radius 3 is 2.80 bits per heavy atom. The smallest absolute Gasteiger partial charge is 0.0960 e. The lowest BCUT2D eigenvalue weighted by molar-refractivity contribution is 1.40. The van der Waals surface area contributed by atoms with Gasteiger partial charge in [0.1, 0.15) is 0 Å². The second-order valence-electron chi connectivity index (χ2n) is 1.76. The summed E-state index contributed by atoms with van der Waals surface area (Å²) in [6.07, 6.45) is 4.58. The number of allylic oxidation sites excluding steroid dienone is 3. The molecule has 0 heterocycles. The summed E-state index contributed by atoms with van der Waals surface area (Å²) in [4.78, 5) is 4.15. The Hall–Kier alpha value is 0.310. The molecule has 3 heteroatoms. The highest BCUT2D eigenvalue weighted by Crippen LogP contribution is 2.01. The second kappa shape index (κ2) is 6.05. The van der Waals surface area contributed by atoms with Crippen molar-refractivity contribution in [2.45, 2.75) is 6.92 Å². The Labute approximate surface area is 78.0 Å². The molecule has 0 saturated heterocycles. The van der Waals surface area contributed by atoms with E-state index in [0.717, 1.165) is 15.6 Å². The Bertz CT molecular complexity index is 172. The van der Waals surface area contributed by atoms with E-state index in [2.05, 4.69) is 43.4 Å². The van der Waals surface area contributed by atoms with Gasteiger partial charge in [-0.1, -0.05) is 12.7 Å². The van der Waals surface area contributed by atoms with Crippen LogP contribution in [0.2, 0.25) is 0 Å². The Morgan fingerprint density at radius 1 is 1.80 bits per heavy atom. The first-order chi connectivity index (χ1) is 4.70. The van der Waals surface area contributed by atoms with Gasteiger partial charge in [-0.15, -0.1) is 9.24 Å². The zero-order valence-electron chi connectivity index (χ0n) is 5.97. The molecule has 1 nitrogen and oxygen atoms in total. The Morgan fingerprint density at radius 2 is 2.40 bits per heavy atom. The van der Waals surface area contributed by atoms with Crippen LogP contribution in [-0.2, 0) is 0 Å². The van der Waals surface area contributed by atoms with Gasteiger partial charge in [0.05, 0.1) is 10.0 Å². The second-order valence-corrected chi connectivity index (χ2v) is 3.23. The average molecular weight is 267 g/mol. The summed E-state index contributed by atoms with van der Waals surface area (Å²) in [5.41, 5.74) is 1.15. The van der Waals surface area contributed by atoms with E-state index in [1.165, 1.54) is 0 Å². The highest BCUT2D eigenvalue weighted by atomic mass is 127. The summed E-state index contributed by atoms with van der Waals surface area (Å²) in [5, 5.41) is 0. The van der Waals surface area contributed by atoms with Crippen LogP contribution in [0.1, 0.15) is 6.92 Å². The highest BCUT2D eigenvalue weighted by Gasteiger charge is 1.85. The molecular weight excluding hydrogens is 256 g/mol. The van der Waals surface area contributed by atoms with Crippen molar-refractivity contribution in [3.8, 4) is 0 Å². The lowest BCUT2D eigenvalue weighted by atomic mass is 10.3. The molecular formula is C7H11INP. The molecule has 0 aromatic rings. The molecule has 0 amide bonds. The van der Waals surface area contributed by atoms with Gasteiger partial charge in [0, 0.05) is 0 Å². The molecule has 1 atom stereocenters. The summed E-state index contributed by atoms with van der Waals surface area (Å²) >= 11 is 2.19. The van der Waals surface area contributed by atoms with Crippen molar-refractivity contribution in [1.29, 1.82) is 0 Å². The minimum Gasteiger partial charge on any atom is -0.275 e.